The summed E-state index contributed by atoms with van der Waals surface area (Å²) in [7, 11) is 0. The van der Waals surface area contributed by atoms with E-state index in [0.717, 1.165) is 36.8 Å². The zero-order chi connectivity index (χ0) is 21.6. The van der Waals surface area contributed by atoms with Crippen LogP contribution in [0.2, 0.25) is 0 Å². The third-order valence-corrected chi connectivity index (χ3v) is 5.57. The van der Waals surface area contributed by atoms with Crippen LogP contribution < -0.4 is 16.0 Å². The van der Waals surface area contributed by atoms with Crippen LogP contribution >= 0.6 is 0 Å². The van der Waals surface area contributed by atoms with Crippen LogP contribution in [0, 0.1) is 6.92 Å². The normalized spacial score (nSPS) is 19.1. The van der Waals surface area contributed by atoms with Crippen molar-refractivity contribution in [2.45, 2.75) is 39.4 Å². The second-order valence-electron chi connectivity index (χ2n) is 8.03. The Bertz CT molecular complexity index is 933. The number of hydrogen-bond donors (Lipinski definition) is 2. The topological polar surface area (TPSA) is 78.5 Å². The highest BCUT2D eigenvalue weighted by molar-refractivity contribution is 6.06. The molecule has 1 fully saturated rings. The smallest absolute Gasteiger partial charge is 0.222 e. The predicted octanol–water partition coefficient (Wildman–Crippen LogP) is 3.56. The van der Waals surface area contributed by atoms with Gasteiger partial charge in [-0.3, -0.25) is 4.90 Å². The van der Waals surface area contributed by atoms with Crippen LogP contribution in [0.25, 0.3) is 0 Å². The third-order valence-electron chi connectivity index (χ3n) is 5.57. The number of nitrogens with two attached hydrogens (primary N) is 1. The second kappa shape index (κ2) is 9.83. The molecule has 1 saturated heterocycles. The average molecular weight is 421 g/mol. The fourth-order valence-electron chi connectivity index (χ4n) is 3.89. The van der Waals surface area contributed by atoms with Crippen LogP contribution in [0.3, 0.4) is 0 Å². The fraction of sp³-hybridized carbons (Fsp3) is 0.417. The quantitative estimate of drug-likeness (QED) is 0.747. The number of nitrogens with one attached hydrogen (secondary N) is 1. The number of aryl methyl sites for hydroxylation is 2. The van der Waals surface area contributed by atoms with Crippen molar-refractivity contribution in [2.75, 3.05) is 36.5 Å². The van der Waals surface area contributed by atoms with Crippen LogP contribution in [0.5, 0.6) is 0 Å². The molecule has 7 heteroatoms. The molecule has 7 nitrogen and oxygen atoms in total. The van der Waals surface area contributed by atoms with Gasteiger partial charge in [0.1, 0.15) is 0 Å². The van der Waals surface area contributed by atoms with Gasteiger partial charge in [0, 0.05) is 24.5 Å². The highest BCUT2D eigenvalue weighted by Crippen LogP contribution is 2.25. The van der Waals surface area contributed by atoms with Gasteiger partial charge in [-0.2, -0.15) is 4.99 Å². The minimum atomic E-state index is -0.390. The van der Waals surface area contributed by atoms with Crippen molar-refractivity contribution in [3.05, 3.63) is 59.7 Å². The van der Waals surface area contributed by atoms with E-state index in [4.69, 9.17) is 10.5 Å². The number of guanidine groups is 2. The highest BCUT2D eigenvalue weighted by atomic mass is 16.5. The Morgan fingerprint density at radius 3 is 2.61 bits per heavy atom. The van der Waals surface area contributed by atoms with Gasteiger partial charge in [0.2, 0.25) is 18.2 Å². The molecule has 1 unspecified atom stereocenters. The molecule has 0 aromatic heterocycles. The van der Waals surface area contributed by atoms with Crippen molar-refractivity contribution < 1.29 is 4.74 Å². The van der Waals surface area contributed by atoms with Crippen molar-refractivity contribution >= 4 is 23.3 Å². The molecule has 2 heterocycles. The van der Waals surface area contributed by atoms with Gasteiger partial charge in [-0.25, -0.2) is 4.99 Å². The molecule has 2 aromatic rings. The lowest BCUT2D eigenvalue weighted by molar-refractivity contribution is 0.0671. The number of nitrogens with zero attached hydrogens (tertiary/aromatic N) is 4. The number of morpholine rings is 1. The Balaban J connectivity index is 1.63. The monoisotopic (exact) mass is 420 g/mol. The molecule has 1 atom stereocenters. The van der Waals surface area contributed by atoms with Crippen LogP contribution in [0.1, 0.15) is 30.9 Å². The van der Waals surface area contributed by atoms with Gasteiger partial charge in [0.15, 0.2) is 0 Å². The van der Waals surface area contributed by atoms with E-state index in [9.17, 15) is 0 Å². The molecule has 2 aromatic carbocycles. The predicted molar refractivity (Wildman–Crippen MR) is 128 cm³/mol. The van der Waals surface area contributed by atoms with Gasteiger partial charge in [0.05, 0.1) is 13.2 Å². The Kier molecular flexibility index (Phi) is 6.72. The van der Waals surface area contributed by atoms with E-state index in [1.807, 2.05) is 0 Å². The Morgan fingerprint density at radius 1 is 1.13 bits per heavy atom. The van der Waals surface area contributed by atoms with Crippen molar-refractivity contribution in [2.24, 2.45) is 15.7 Å². The first-order valence-electron chi connectivity index (χ1n) is 11.1. The zero-order valence-electron chi connectivity index (χ0n) is 18.4. The first kappa shape index (κ1) is 21.2. The number of ether oxygens (including phenoxy) is 1. The van der Waals surface area contributed by atoms with Crippen molar-refractivity contribution in [1.82, 2.24) is 4.90 Å². The van der Waals surface area contributed by atoms with Gasteiger partial charge in [-0.1, -0.05) is 37.6 Å². The number of hydrogen-bond acceptors (Lipinski definition) is 7. The van der Waals surface area contributed by atoms with E-state index in [0.29, 0.717) is 13.2 Å². The van der Waals surface area contributed by atoms with Crippen LogP contribution in [-0.4, -0.2) is 49.4 Å². The molecule has 31 heavy (non-hydrogen) atoms. The van der Waals surface area contributed by atoms with E-state index in [1.54, 1.807) is 0 Å². The average Bonchev–Trinajstić information content (AvgIpc) is 2.79. The summed E-state index contributed by atoms with van der Waals surface area (Å²) in [6, 6.07) is 17.0. The molecule has 0 saturated carbocycles. The second-order valence-corrected chi connectivity index (χ2v) is 8.03. The molecule has 2 aliphatic heterocycles. The molecule has 0 spiro atoms. The molecule has 2 aliphatic rings. The molecule has 3 N–H and O–H groups in total. The van der Waals surface area contributed by atoms with Gasteiger partial charge in [-0.15, -0.1) is 0 Å². The summed E-state index contributed by atoms with van der Waals surface area (Å²) in [5.41, 5.74) is 10.7. The molecule has 4 rings (SSSR count). The molecule has 164 valence electrons. The van der Waals surface area contributed by atoms with Gasteiger partial charge < -0.3 is 20.7 Å². The first-order chi connectivity index (χ1) is 15.1. The Morgan fingerprint density at radius 2 is 1.90 bits per heavy atom. The maximum absolute atomic E-state index is 6.16. The SMILES string of the molecule is CCCCc1ccc(NC2N=C(N)N=C(N3CCOCC3)N2c2cccc(C)c2)cc1. The molecular weight excluding hydrogens is 388 g/mol. The summed E-state index contributed by atoms with van der Waals surface area (Å²) in [6.45, 7) is 7.20. The van der Waals surface area contributed by atoms with Gasteiger partial charge in [0.25, 0.3) is 0 Å². The van der Waals surface area contributed by atoms with Crippen molar-refractivity contribution in [1.29, 1.82) is 0 Å². The molecule has 0 bridgehead atoms. The largest absolute Gasteiger partial charge is 0.378 e. The van der Waals surface area contributed by atoms with Gasteiger partial charge >= 0.3 is 0 Å². The van der Waals surface area contributed by atoms with E-state index in [1.165, 1.54) is 24.0 Å². The maximum atomic E-state index is 6.16. The summed E-state index contributed by atoms with van der Waals surface area (Å²) < 4.78 is 5.55. The third kappa shape index (κ3) is 5.17. The Labute approximate surface area is 184 Å². The summed E-state index contributed by atoms with van der Waals surface area (Å²) in [4.78, 5) is 13.6. The number of rotatable bonds is 6. The summed E-state index contributed by atoms with van der Waals surface area (Å²) in [5, 5.41) is 3.55. The van der Waals surface area contributed by atoms with Crippen LogP contribution in [0.15, 0.2) is 58.5 Å². The lowest BCUT2D eigenvalue weighted by atomic mass is 10.1. The van der Waals surface area contributed by atoms with Crippen LogP contribution in [-0.2, 0) is 11.2 Å². The van der Waals surface area contributed by atoms with E-state index in [2.05, 4.69) is 87.5 Å². The van der Waals surface area contributed by atoms with Gasteiger partial charge in [-0.05, 0) is 55.2 Å². The summed E-state index contributed by atoms with van der Waals surface area (Å²) in [5.74, 6) is 1.08. The Hall–Kier alpha value is -3.06. The molecule has 0 aliphatic carbocycles. The number of aliphatic imine (C=N–C) groups is 2. The van der Waals surface area contributed by atoms with E-state index >= 15 is 0 Å². The minimum absolute atomic E-state index is 0.280. The standard InChI is InChI=1S/C24H32N6O/c1-3-4-7-19-9-11-20(12-10-19)26-23-27-22(25)28-24(29-13-15-31-16-14-29)30(23)21-8-5-6-18(2)17-21/h5-6,8-12,17,23,26H,3-4,7,13-16H2,1-2H3,(H2,25,27). The molecular formula is C24H32N6O. The first-order valence-corrected chi connectivity index (χ1v) is 11.1. The van der Waals surface area contributed by atoms with E-state index in [-0.39, 0.29) is 5.96 Å². The number of benzene rings is 2. The van der Waals surface area contributed by atoms with E-state index < -0.39 is 6.29 Å². The summed E-state index contributed by atoms with van der Waals surface area (Å²) >= 11 is 0. The zero-order valence-corrected chi connectivity index (χ0v) is 18.4. The van der Waals surface area contributed by atoms with Crippen molar-refractivity contribution in [3.63, 3.8) is 0 Å². The highest BCUT2D eigenvalue weighted by Gasteiger charge is 2.32. The number of anilines is 2. The lowest BCUT2D eigenvalue weighted by Crippen LogP contribution is -2.57. The summed E-state index contributed by atoms with van der Waals surface area (Å²) in [6.07, 6.45) is 3.12. The molecule has 0 radical (unpaired) electrons. The van der Waals surface area contributed by atoms with Crippen molar-refractivity contribution in [3.8, 4) is 0 Å². The molecule has 0 amide bonds. The minimum Gasteiger partial charge on any atom is -0.378 e. The number of unbranched alkanes of at least 4 members (excludes halogenated alkanes) is 1. The van der Waals surface area contributed by atoms with Crippen LogP contribution in [0.4, 0.5) is 11.4 Å². The fourth-order valence-corrected chi connectivity index (χ4v) is 3.89. The maximum Gasteiger partial charge on any atom is 0.222 e. The lowest BCUT2D eigenvalue weighted by Gasteiger charge is -2.41.